The molecule has 1 amide bonds. The second-order valence-electron chi connectivity index (χ2n) is 7.65. The number of furan rings is 1. The maximum absolute atomic E-state index is 12.4. The minimum Gasteiger partial charge on any atom is -0.478 e. The number of nitrogens with one attached hydrogen (secondary N) is 1. The number of hydrogen-bond donors (Lipinski definition) is 2. The fraction of sp³-hybridized carbons (Fsp3) is 0.381. The molecule has 2 fully saturated rings. The molecule has 1 aromatic carbocycles. The Kier molecular flexibility index (Phi) is 4.34. The van der Waals surface area contributed by atoms with E-state index in [4.69, 9.17) is 9.52 Å². The smallest absolute Gasteiger partial charge is 0.335 e. The van der Waals surface area contributed by atoms with Crippen molar-refractivity contribution in [3.8, 4) is 11.3 Å². The van der Waals surface area contributed by atoms with Gasteiger partial charge in [-0.05, 0) is 48.4 Å². The summed E-state index contributed by atoms with van der Waals surface area (Å²) < 4.78 is 5.69. The molecule has 0 bridgehead atoms. The van der Waals surface area contributed by atoms with Gasteiger partial charge in [0.1, 0.15) is 11.5 Å². The summed E-state index contributed by atoms with van der Waals surface area (Å²) >= 11 is 0. The second kappa shape index (κ2) is 6.68. The predicted octanol–water partition coefficient (Wildman–Crippen LogP) is 3.92. The Morgan fingerprint density at radius 2 is 2.00 bits per heavy atom. The van der Waals surface area contributed by atoms with E-state index in [0.717, 1.165) is 18.4 Å². The van der Waals surface area contributed by atoms with Gasteiger partial charge in [-0.2, -0.15) is 5.10 Å². The third-order valence-electron chi connectivity index (χ3n) is 6.02. The van der Waals surface area contributed by atoms with Crippen LogP contribution >= 0.6 is 0 Å². The molecule has 0 aliphatic heterocycles. The average Bonchev–Trinajstić information content (AvgIpc) is 3.03. The van der Waals surface area contributed by atoms with E-state index >= 15 is 0 Å². The van der Waals surface area contributed by atoms with Crippen LogP contribution < -0.4 is 5.43 Å². The Bertz CT molecular complexity index is 899. The third-order valence-corrected chi connectivity index (χ3v) is 6.02. The van der Waals surface area contributed by atoms with Crippen molar-refractivity contribution >= 4 is 18.1 Å². The zero-order valence-electron chi connectivity index (χ0n) is 15.1. The Hall–Kier alpha value is -2.89. The van der Waals surface area contributed by atoms with Gasteiger partial charge in [0.05, 0.1) is 11.8 Å². The van der Waals surface area contributed by atoms with Crippen LogP contribution in [0.5, 0.6) is 0 Å². The van der Waals surface area contributed by atoms with Crippen LogP contribution in [-0.2, 0) is 4.79 Å². The van der Waals surface area contributed by atoms with E-state index in [1.165, 1.54) is 31.2 Å². The first-order chi connectivity index (χ1) is 13.0. The van der Waals surface area contributed by atoms with Crippen LogP contribution in [0.15, 0.2) is 45.9 Å². The lowest BCUT2D eigenvalue weighted by atomic mass is 9.90. The van der Waals surface area contributed by atoms with Crippen molar-refractivity contribution in [2.24, 2.45) is 22.4 Å². The van der Waals surface area contributed by atoms with Crippen molar-refractivity contribution in [2.75, 3.05) is 0 Å². The van der Waals surface area contributed by atoms with E-state index in [9.17, 15) is 9.59 Å². The molecule has 1 aromatic heterocycles. The fourth-order valence-corrected chi connectivity index (χ4v) is 4.43. The highest BCUT2D eigenvalue weighted by Crippen LogP contribution is 2.66. The number of carbonyl (C=O) groups is 2. The van der Waals surface area contributed by atoms with Crippen LogP contribution in [0.1, 0.15) is 48.7 Å². The minimum absolute atomic E-state index is 0.00307. The number of fused-ring (bicyclic) bond motifs is 1. The molecule has 6 heteroatoms. The molecule has 4 rings (SSSR count). The molecule has 0 radical (unpaired) electrons. The van der Waals surface area contributed by atoms with Crippen molar-refractivity contribution in [1.29, 1.82) is 0 Å². The molecule has 3 unspecified atom stereocenters. The molecule has 3 atom stereocenters. The van der Waals surface area contributed by atoms with Gasteiger partial charge in [0, 0.05) is 11.5 Å². The second-order valence-corrected chi connectivity index (χ2v) is 7.65. The molecule has 2 aliphatic rings. The third kappa shape index (κ3) is 3.27. The molecule has 1 heterocycles. The van der Waals surface area contributed by atoms with Gasteiger partial charge in [-0.25, -0.2) is 10.2 Å². The summed E-state index contributed by atoms with van der Waals surface area (Å²) in [6.45, 7) is 2.21. The number of carbonyl (C=O) groups excluding carboxylic acids is 1. The van der Waals surface area contributed by atoms with Crippen LogP contribution in [0.2, 0.25) is 0 Å². The minimum atomic E-state index is -0.964. The maximum Gasteiger partial charge on any atom is 0.335 e. The van der Waals surface area contributed by atoms with E-state index in [1.807, 2.05) is 0 Å². The fourth-order valence-electron chi connectivity index (χ4n) is 4.43. The lowest BCUT2D eigenvalue weighted by molar-refractivity contribution is -0.123. The van der Waals surface area contributed by atoms with Gasteiger partial charge in [-0.15, -0.1) is 0 Å². The van der Waals surface area contributed by atoms with Gasteiger partial charge < -0.3 is 9.52 Å². The number of hydrazone groups is 1. The highest BCUT2D eigenvalue weighted by molar-refractivity contribution is 5.88. The van der Waals surface area contributed by atoms with Gasteiger partial charge >= 0.3 is 5.97 Å². The van der Waals surface area contributed by atoms with Gasteiger partial charge in [0.2, 0.25) is 5.91 Å². The maximum atomic E-state index is 12.4. The first-order valence-corrected chi connectivity index (χ1v) is 9.25. The van der Waals surface area contributed by atoms with E-state index in [-0.39, 0.29) is 22.8 Å². The Labute approximate surface area is 157 Å². The number of benzene rings is 1. The van der Waals surface area contributed by atoms with Crippen LogP contribution in [0.4, 0.5) is 0 Å². The summed E-state index contributed by atoms with van der Waals surface area (Å²) in [6, 6.07) is 10.00. The van der Waals surface area contributed by atoms with E-state index in [0.29, 0.717) is 17.4 Å². The van der Waals surface area contributed by atoms with Crippen molar-refractivity contribution in [3.05, 3.63) is 47.7 Å². The zero-order valence-corrected chi connectivity index (χ0v) is 15.1. The lowest BCUT2D eigenvalue weighted by Gasteiger charge is -2.15. The van der Waals surface area contributed by atoms with Crippen molar-refractivity contribution in [2.45, 2.75) is 32.6 Å². The molecule has 2 aromatic rings. The summed E-state index contributed by atoms with van der Waals surface area (Å²) in [5, 5.41) is 13.0. The normalized spacial score (nSPS) is 26.6. The predicted molar refractivity (Wildman–Crippen MR) is 100 cm³/mol. The average molecular weight is 366 g/mol. The Balaban J connectivity index is 1.36. The molecular weight excluding hydrogens is 344 g/mol. The molecular formula is C21H22N2O4. The van der Waals surface area contributed by atoms with Crippen LogP contribution in [0.25, 0.3) is 11.3 Å². The number of carboxylic acids is 1. The van der Waals surface area contributed by atoms with E-state index < -0.39 is 5.97 Å². The number of rotatable bonds is 5. The summed E-state index contributed by atoms with van der Waals surface area (Å²) in [6.07, 6.45) is 6.18. The highest BCUT2D eigenvalue weighted by atomic mass is 16.4. The highest BCUT2D eigenvalue weighted by Gasteiger charge is 2.64. The van der Waals surface area contributed by atoms with Gasteiger partial charge in [0.15, 0.2) is 0 Å². The Morgan fingerprint density at radius 1 is 1.22 bits per heavy atom. The number of carboxylic acid groups (broad SMARTS) is 1. The summed E-state index contributed by atoms with van der Waals surface area (Å²) in [5.74, 6) is 0.751. The zero-order chi connectivity index (χ0) is 19.0. The Morgan fingerprint density at radius 3 is 2.67 bits per heavy atom. The molecule has 2 aliphatic carbocycles. The van der Waals surface area contributed by atoms with Crippen LogP contribution in [0.3, 0.4) is 0 Å². The molecule has 27 heavy (non-hydrogen) atoms. The summed E-state index contributed by atoms with van der Waals surface area (Å²) in [4.78, 5) is 23.3. The van der Waals surface area contributed by atoms with E-state index in [1.54, 1.807) is 24.3 Å². The lowest BCUT2D eigenvalue weighted by Crippen LogP contribution is -2.22. The monoisotopic (exact) mass is 366 g/mol. The topological polar surface area (TPSA) is 91.9 Å². The SMILES string of the molecule is CC12CCCCC1C2C(=O)N/N=C\c1ccc(-c2ccc(C(=O)O)cc2)o1. The summed E-state index contributed by atoms with van der Waals surface area (Å²) in [7, 11) is 0. The van der Waals surface area contributed by atoms with Crippen LogP contribution in [0, 0.1) is 17.3 Å². The standard InChI is InChI=1S/C21H22N2O4/c1-21-11-3-2-4-16(21)18(21)19(24)23-22-12-15-9-10-17(27-15)13-5-7-14(8-6-13)20(25)26/h5-10,12,16,18H,2-4,11H2,1H3,(H,23,24)(H,25,26)/b22-12-. The first kappa shape index (κ1) is 17.5. The largest absolute Gasteiger partial charge is 0.478 e. The molecule has 140 valence electrons. The number of hydrogen-bond acceptors (Lipinski definition) is 4. The van der Waals surface area contributed by atoms with Gasteiger partial charge in [-0.3, -0.25) is 4.79 Å². The van der Waals surface area contributed by atoms with Crippen molar-refractivity contribution < 1.29 is 19.1 Å². The van der Waals surface area contributed by atoms with Gasteiger partial charge in [0.25, 0.3) is 0 Å². The van der Waals surface area contributed by atoms with Gasteiger partial charge in [-0.1, -0.05) is 31.9 Å². The summed E-state index contributed by atoms with van der Waals surface area (Å²) in [5.41, 5.74) is 3.82. The number of amides is 1. The quantitative estimate of drug-likeness (QED) is 0.620. The molecule has 6 nitrogen and oxygen atoms in total. The first-order valence-electron chi connectivity index (χ1n) is 9.25. The molecule has 2 N–H and O–H groups in total. The number of nitrogens with zero attached hydrogens (tertiary/aromatic N) is 1. The van der Waals surface area contributed by atoms with Crippen molar-refractivity contribution in [1.82, 2.24) is 5.43 Å². The molecule has 0 spiro atoms. The van der Waals surface area contributed by atoms with E-state index in [2.05, 4.69) is 17.5 Å². The number of aromatic carboxylic acids is 1. The molecule has 0 saturated heterocycles. The van der Waals surface area contributed by atoms with Crippen LogP contribution in [-0.4, -0.2) is 23.2 Å². The molecule has 2 saturated carbocycles. The van der Waals surface area contributed by atoms with Crippen molar-refractivity contribution in [3.63, 3.8) is 0 Å².